The van der Waals surface area contributed by atoms with E-state index in [0.717, 1.165) is 10.2 Å². The minimum atomic E-state index is -0.238. The number of rotatable bonds is 5. The van der Waals surface area contributed by atoms with Crippen molar-refractivity contribution < 1.29 is 14.3 Å². The zero-order valence-electron chi connectivity index (χ0n) is 14.2. The van der Waals surface area contributed by atoms with Crippen LogP contribution in [0, 0.1) is 11.3 Å². The van der Waals surface area contributed by atoms with Gasteiger partial charge in [-0.25, -0.2) is 4.99 Å². The molecule has 3 rings (SSSR count). The molecule has 2 aromatic carbocycles. The normalized spacial score (nSPS) is 16.3. The van der Waals surface area contributed by atoms with Gasteiger partial charge in [0.05, 0.1) is 17.7 Å². The molecule has 1 fully saturated rings. The number of amides is 1. The number of nitrogens with zero attached hydrogens (tertiary/aromatic N) is 2. The SMILES string of the molecule is COc1ccc(N=C2NC(=O)/C(=C/c3cc(Br)ccc3OCC#N)S2)cc1. The fraction of sp³-hybridized carbons (Fsp3) is 0.105. The summed E-state index contributed by atoms with van der Waals surface area (Å²) < 4.78 is 11.4. The first-order valence-electron chi connectivity index (χ1n) is 7.82. The molecule has 1 aliphatic heterocycles. The lowest BCUT2D eigenvalue weighted by molar-refractivity contribution is -0.115. The second kappa shape index (κ2) is 8.75. The van der Waals surface area contributed by atoms with Crippen molar-refractivity contribution in [1.29, 1.82) is 5.26 Å². The summed E-state index contributed by atoms with van der Waals surface area (Å²) in [6.45, 7) is -0.0681. The first-order valence-corrected chi connectivity index (χ1v) is 9.43. The Bertz CT molecular complexity index is 965. The third-order valence-corrected chi connectivity index (χ3v) is 4.91. The zero-order valence-corrected chi connectivity index (χ0v) is 16.6. The monoisotopic (exact) mass is 443 g/mol. The van der Waals surface area contributed by atoms with Gasteiger partial charge in [-0.1, -0.05) is 15.9 Å². The van der Waals surface area contributed by atoms with Crippen molar-refractivity contribution in [1.82, 2.24) is 5.32 Å². The molecule has 8 heteroatoms. The van der Waals surface area contributed by atoms with Crippen LogP contribution in [0.4, 0.5) is 5.69 Å². The number of amidine groups is 1. The van der Waals surface area contributed by atoms with Crippen molar-refractivity contribution in [3.8, 4) is 17.6 Å². The second-order valence-corrected chi connectivity index (χ2v) is 7.26. The summed E-state index contributed by atoms with van der Waals surface area (Å²) in [5.74, 6) is 1.03. The number of benzene rings is 2. The van der Waals surface area contributed by atoms with Crippen LogP contribution in [0.25, 0.3) is 6.08 Å². The van der Waals surface area contributed by atoms with Crippen LogP contribution in [0.2, 0.25) is 0 Å². The van der Waals surface area contributed by atoms with E-state index < -0.39 is 0 Å². The van der Waals surface area contributed by atoms with E-state index in [-0.39, 0.29) is 12.5 Å². The average molecular weight is 444 g/mol. The molecule has 136 valence electrons. The molecule has 0 aromatic heterocycles. The zero-order chi connectivity index (χ0) is 19.2. The quantitative estimate of drug-likeness (QED) is 0.698. The van der Waals surface area contributed by atoms with Gasteiger partial charge >= 0.3 is 0 Å². The lowest BCUT2D eigenvalue weighted by atomic mass is 10.2. The van der Waals surface area contributed by atoms with Crippen LogP contribution in [0.15, 0.2) is 56.8 Å². The number of hydrogen-bond acceptors (Lipinski definition) is 6. The largest absolute Gasteiger partial charge is 0.497 e. The molecule has 2 aromatic rings. The van der Waals surface area contributed by atoms with E-state index in [9.17, 15) is 4.79 Å². The molecule has 0 spiro atoms. The van der Waals surface area contributed by atoms with Crippen molar-refractivity contribution in [2.75, 3.05) is 13.7 Å². The van der Waals surface area contributed by atoms with Crippen molar-refractivity contribution in [3.63, 3.8) is 0 Å². The van der Waals surface area contributed by atoms with Crippen molar-refractivity contribution in [3.05, 3.63) is 57.4 Å². The predicted molar refractivity (Wildman–Crippen MR) is 109 cm³/mol. The van der Waals surface area contributed by atoms with E-state index >= 15 is 0 Å². The molecule has 1 aliphatic rings. The maximum absolute atomic E-state index is 12.3. The molecule has 0 unspecified atom stereocenters. The van der Waals surface area contributed by atoms with Gasteiger partial charge in [0.15, 0.2) is 11.8 Å². The van der Waals surface area contributed by atoms with E-state index in [1.165, 1.54) is 11.8 Å². The van der Waals surface area contributed by atoms with E-state index in [1.54, 1.807) is 31.4 Å². The summed E-state index contributed by atoms with van der Waals surface area (Å²) in [4.78, 5) is 17.2. The van der Waals surface area contributed by atoms with Gasteiger partial charge in [0.2, 0.25) is 0 Å². The molecule has 1 heterocycles. The first kappa shape index (κ1) is 19.0. The highest BCUT2D eigenvalue weighted by molar-refractivity contribution is 9.10. The Hall–Kier alpha value is -2.76. The van der Waals surface area contributed by atoms with E-state index in [2.05, 4.69) is 26.2 Å². The number of nitrogens with one attached hydrogen (secondary N) is 1. The highest BCUT2D eigenvalue weighted by Gasteiger charge is 2.24. The number of hydrogen-bond donors (Lipinski definition) is 1. The number of nitriles is 1. The summed E-state index contributed by atoms with van der Waals surface area (Å²) in [5.41, 5.74) is 1.41. The molecule has 0 aliphatic carbocycles. The summed E-state index contributed by atoms with van der Waals surface area (Å²) in [7, 11) is 1.60. The Morgan fingerprint density at radius 1 is 1.30 bits per heavy atom. The van der Waals surface area contributed by atoms with Gasteiger partial charge in [0, 0.05) is 10.0 Å². The van der Waals surface area contributed by atoms with Crippen LogP contribution in [0.1, 0.15) is 5.56 Å². The van der Waals surface area contributed by atoms with Gasteiger partial charge in [0.25, 0.3) is 5.91 Å². The average Bonchev–Trinajstić information content (AvgIpc) is 3.00. The molecule has 0 atom stereocenters. The number of carbonyl (C=O) groups is 1. The molecular weight excluding hydrogens is 430 g/mol. The van der Waals surface area contributed by atoms with Crippen molar-refractivity contribution in [2.24, 2.45) is 4.99 Å². The van der Waals surface area contributed by atoms with E-state index in [4.69, 9.17) is 14.7 Å². The minimum absolute atomic E-state index is 0.0681. The van der Waals surface area contributed by atoms with Gasteiger partial charge in [-0.15, -0.1) is 0 Å². The molecule has 1 saturated heterocycles. The molecule has 27 heavy (non-hydrogen) atoms. The molecule has 0 bridgehead atoms. The van der Waals surface area contributed by atoms with Crippen molar-refractivity contribution in [2.45, 2.75) is 0 Å². The second-order valence-electron chi connectivity index (χ2n) is 5.31. The van der Waals surface area contributed by atoms with Crippen LogP contribution in [0.5, 0.6) is 11.5 Å². The van der Waals surface area contributed by atoms with Gasteiger partial charge in [0.1, 0.15) is 17.6 Å². The molecule has 1 N–H and O–H groups in total. The Morgan fingerprint density at radius 2 is 2.07 bits per heavy atom. The molecule has 1 amide bonds. The van der Waals surface area contributed by atoms with Crippen LogP contribution in [0.3, 0.4) is 0 Å². The Morgan fingerprint density at radius 3 is 2.78 bits per heavy atom. The standard InChI is InChI=1S/C19H14BrN3O3S/c1-25-15-5-3-14(4-6-15)22-19-23-18(24)17(27-19)11-12-10-13(20)2-7-16(12)26-9-8-21/h2-7,10-11H,9H2,1H3,(H,22,23,24)/b17-11-. The number of ether oxygens (including phenoxy) is 2. The van der Waals surface area contributed by atoms with Gasteiger partial charge in [-0.2, -0.15) is 5.26 Å². The van der Waals surface area contributed by atoms with E-state index in [1.807, 2.05) is 30.3 Å². The fourth-order valence-corrected chi connectivity index (χ4v) is 3.48. The lowest BCUT2D eigenvalue weighted by Crippen LogP contribution is -2.19. The van der Waals surface area contributed by atoms with Gasteiger partial charge in [-0.3, -0.25) is 4.79 Å². The first-order chi connectivity index (χ1) is 13.1. The minimum Gasteiger partial charge on any atom is -0.497 e. The molecule has 6 nitrogen and oxygen atoms in total. The third-order valence-electron chi connectivity index (χ3n) is 3.50. The van der Waals surface area contributed by atoms with Gasteiger partial charge in [-0.05, 0) is 60.3 Å². The molecule has 0 radical (unpaired) electrons. The Labute approximate surface area is 169 Å². The third kappa shape index (κ3) is 4.90. The highest BCUT2D eigenvalue weighted by Crippen LogP contribution is 2.32. The number of halogens is 1. The maximum atomic E-state index is 12.3. The van der Waals surface area contributed by atoms with Crippen LogP contribution < -0.4 is 14.8 Å². The number of methoxy groups -OCH3 is 1. The predicted octanol–water partition coefficient (Wildman–Crippen LogP) is 4.25. The maximum Gasteiger partial charge on any atom is 0.264 e. The lowest BCUT2D eigenvalue weighted by Gasteiger charge is -2.07. The number of aliphatic imine (C=N–C) groups is 1. The Kier molecular flexibility index (Phi) is 6.16. The van der Waals surface area contributed by atoms with Crippen LogP contribution in [-0.4, -0.2) is 24.8 Å². The highest BCUT2D eigenvalue weighted by atomic mass is 79.9. The van der Waals surface area contributed by atoms with Gasteiger partial charge < -0.3 is 14.8 Å². The topological polar surface area (TPSA) is 83.7 Å². The fourth-order valence-electron chi connectivity index (χ4n) is 2.27. The number of carbonyl (C=O) groups excluding carboxylic acids is 1. The molecule has 0 saturated carbocycles. The molecular formula is C19H14BrN3O3S. The Balaban J connectivity index is 1.84. The summed E-state index contributed by atoms with van der Waals surface area (Å²) in [6.07, 6.45) is 1.72. The van der Waals surface area contributed by atoms with E-state index in [0.29, 0.717) is 27.1 Å². The van der Waals surface area contributed by atoms with Crippen molar-refractivity contribution >= 4 is 50.5 Å². The smallest absolute Gasteiger partial charge is 0.264 e. The van der Waals surface area contributed by atoms with Crippen LogP contribution in [-0.2, 0) is 4.79 Å². The summed E-state index contributed by atoms with van der Waals surface area (Å²) >= 11 is 4.65. The summed E-state index contributed by atoms with van der Waals surface area (Å²) in [5, 5.41) is 12.0. The van der Waals surface area contributed by atoms with Crippen LogP contribution >= 0.6 is 27.7 Å². The summed E-state index contributed by atoms with van der Waals surface area (Å²) in [6, 6.07) is 14.5. The number of thioether (sulfide) groups is 1.